The van der Waals surface area contributed by atoms with E-state index in [0.29, 0.717) is 19.8 Å². The van der Waals surface area contributed by atoms with E-state index in [1.165, 1.54) is 12.4 Å². The van der Waals surface area contributed by atoms with Crippen LogP contribution >= 0.6 is 0 Å². The number of hydrogen-bond donors (Lipinski definition) is 2. The lowest BCUT2D eigenvalue weighted by atomic mass is 9.79. The molecule has 0 saturated carbocycles. The van der Waals surface area contributed by atoms with Crippen molar-refractivity contribution in [2.24, 2.45) is 5.41 Å². The van der Waals surface area contributed by atoms with E-state index in [1.54, 1.807) is 0 Å². The van der Waals surface area contributed by atoms with Crippen LogP contribution in [0.4, 0.5) is 0 Å². The van der Waals surface area contributed by atoms with E-state index >= 15 is 0 Å². The van der Waals surface area contributed by atoms with Crippen LogP contribution in [0.5, 0.6) is 0 Å². The van der Waals surface area contributed by atoms with Crippen molar-refractivity contribution in [2.45, 2.75) is 12.8 Å². The summed E-state index contributed by atoms with van der Waals surface area (Å²) >= 11 is 0. The van der Waals surface area contributed by atoms with Gasteiger partial charge < -0.3 is 20.1 Å². The van der Waals surface area contributed by atoms with E-state index in [9.17, 15) is 9.59 Å². The predicted octanol–water partition coefficient (Wildman–Crippen LogP) is 0.263. The number of nitrogens with one attached hydrogen (secondary N) is 1. The largest absolute Gasteiger partial charge is 0.476 e. The molecule has 0 atom stereocenters. The van der Waals surface area contributed by atoms with Crippen LogP contribution in [0, 0.1) is 5.41 Å². The second kappa shape index (κ2) is 7.47. The van der Waals surface area contributed by atoms with Gasteiger partial charge in [0.05, 0.1) is 0 Å². The lowest BCUT2D eigenvalue weighted by Gasteiger charge is -2.39. The molecule has 1 aliphatic rings. The van der Waals surface area contributed by atoms with Gasteiger partial charge in [0.25, 0.3) is 5.91 Å². The van der Waals surface area contributed by atoms with Gasteiger partial charge in [0.2, 0.25) is 0 Å². The summed E-state index contributed by atoms with van der Waals surface area (Å²) in [6.07, 6.45) is 4.26. The van der Waals surface area contributed by atoms with Gasteiger partial charge in [-0.05, 0) is 26.9 Å². The molecule has 2 heterocycles. The van der Waals surface area contributed by atoms with Crippen molar-refractivity contribution >= 4 is 11.9 Å². The Balaban J connectivity index is 2.09. The van der Waals surface area contributed by atoms with Crippen LogP contribution in [0.3, 0.4) is 0 Å². The maximum atomic E-state index is 12.3. The molecule has 1 aliphatic heterocycles. The molecule has 23 heavy (non-hydrogen) atoms. The fourth-order valence-corrected chi connectivity index (χ4v) is 2.88. The first kappa shape index (κ1) is 17.3. The summed E-state index contributed by atoms with van der Waals surface area (Å²) < 4.78 is 5.42. The summed E-state index contributed by atoms with van der Waals surface area (Å²) in [6, 6.07) is 0. The molecule has 0 spiro atoms. The third kappa shape index (κ3) is 4.46. The van der Waals surface area contributed by atoms with E-state index in [0.717, 1.165) is 19.4 Å². The third-order valence-electron chi connectivity index (χ3n) is 3.94. The molecule has 0 bridgehead atoms. The zero-order valence-corrected chi connectivity index (χ0v) is 13.4. The summed E-state index contributed by atoms with van der Waals surface area (Å²) in [5.41, 5.74) is -0.575. The maximum absolute atomic E-state index is 12.3. The number of nitrogens with zero attached hydrogens (tertiary/aromatic N) is 3. The number of rotatable bonds is 6. The molecule has 1 saturated heterocycles. The fourth-order valence-electron chi connectivity index (χ4n) is 2.88. The van der Waals surface area contributed by atoms with Crippen molar-refractivity contribution in [3.63, 3.8) is 0 Å². The number of carboxylic acid groups (broad SMARTS) is 1. The zero-order chi connectivity index (χ0) is 16.9. The van der Waals surface area contributed by atoms with Crippen LogP contribution in [0.15, 0.2) is 12.4 Å². The molecule has 1 aromatic heterocycles. The van der Waals surface area contributed by atoms with E-state index in [1.807, 2.05) is 14.1 Å². The molecule has 2 rings (SSSR count). The Morgan fingerprint density at radius 1 is 1.26 bits per heavy atom. The van der Waals surface area contributed by atoms with Crippen LogP contribution < -0.4 is 5.32 Å². The van der Waals surface area contributed by atoms with E-state index < -0.39 is 11.9 Å². The smallest absolute Gasteiger partial charge is 0.356 e. The molecule has 1 fully saturated rings. The molecule has 0 aromatic carbocycles. The highest BCUT2D eigenvalue weighted by Gasteiger charge is 2.34. The quantitative estimate of drug-likeness (QED) is 0.774. The molecular formula is C15H22N4O4. The summed E-state index contributed by atoms with van der Waals surface area (Å²) in [7, 11) is 3.98. The summed E-state index contributed by atoms with van der Waals surface area (Å²) in [5.74, 6) is -1.78. The van der Waals surface area contributed by atoms with Crippen LogP contribution in [0.1, 0.15) is 33.8 Å². The second-order valence-electron chi connectivity index (χ2n) is 6.09. The van der Waals surface area contributed by atoms with Crippen molar-refractivity contribution in [2.75, 3.05) is 40.4 Å². The minimum atomic E-state index is -1.27. The minimum Gasteiger partial charge on any atom is -0.476 e. The average molecular weight is 322 g/mol. The summed E-state index contributed by atoms with van der Waals surface area (Å²) in [4.78, 5) is 33.1. The molecule has 126 valence electrons. The van der Waals surface area contributed by atoms with Crippen molar-refractivity contribution in [1.29, 1.82) is 0 Å². The normalized spacial score (nSPS) is 17.0. The highest BCUT2D eigenvalue weighted by atomic mass is 16.5. The van der Waals surface area contributed by atoms with Crippen LogP contribution in [-0.2, 0) is 4.74 Å². The lowest BCUT2D eigenvalue weighted by molar-refractivity contribution is 0.00282. The highest BCUT2D eigenvalue weighted by Crippen LogP contribution is 2.30. The summed E-state index contributed by atoms with van der Waals surface area (Å²) in [5, 5.41) is 11.9. The fraction of sp³-hybridized carbons (Fsp3) is 0.600. The molecule has 0 aliphatic carbocycles. The van der Waals surface area contributed by atoms with Crippen molar-refractivity contribution in [1.82, 2.24) is 20.2 Å². The van der Waals surface area contributed by atoms with Crippen molar-refractivity contribution in [3.05, 3.63) is 23.8 Å². The third-order valence-corrected chi connectivity index (χ3v) is 3.94. The molecule has 0 unspecified atom stereocenters. The Hall–Kier alpha value is -2.06. The van der Waals surface area contributed by atoms with E-state index in [4.69, 9.17) is 9.84 Å². The number of carboxylic acids is 1. The first-order valence-corrected chi connectivity index (χ1v) is 7.48. The van der Waals surface area contributed by atoms with Gasteiger partial charge in [-0.1, -0.05) is 0 Å². The first-order valence-electron chi connectivity index (χ1n) is 7.48. The number of carbonyl (C=O) groups excluding carboxylic acids is 1. The van der Waals surface area contributed by atoms with Crippen LogP contribution in [-0.4, -0.2) is 72.2 Å². The summed E-state index contributed by atoms with van der Waals surface area (Å²) in [6.45, 7) is 2.59. The Labute approximate surface area is 134 Å². The lowest BCUT2D eigenvalue weighted by Crippen LogP contribution is -2.47. The van der Waals surface area contributed by atoms with E-state index in [2.05, 4.69) is 20.2 Å². The number of aromatic nitrogens is 2. The first-order chi connectivity index (χ1) is 10.9. The van der Waals surface area contributed by atoms with Gasteiger partial charge in [-0.25, -0.2) is 14.8 Å². The Morgan fingerprint density at radius 3 is 2.43 bits per heavy atom. The Bertz CT molecular complexity index is 570. The number of aromatic carboxylic acids is 1. The number of carbonyl (C=O) groups is 2. The molecule has 8 nitrogen and oxygen atoms in total. The Morgan fingerprint density at radius 2 is 1.87 bits per heavy atom. The van der Waals surface area contributed by atoms with Gasteiger partial charge in [-0.15, -0.1) is 0 Å². The van der Waals surface area contributed by atoms with Gasteiger partial charge in [0, 0.05) is 44.1 Å². The highest BCUT2D eigenvalue weighted by molar-refractivity contribution is 6.01. The molecule has 2 N–H and O–H groups in total. The average Bonchev–Trinajstić information content (AvgIpc) is 2.53. The van der Waals surface area contributed by atoms with Gasteiger partial charge >= 0.3 is 5.97 Å². The number of ether oxygens (including phenoxy) is 1. The maximum Gasteiger partial charge on any atom is 0.356 e. The monoisotopic (exact) mass is 322 g/mol. The van der Waals surface area contributed by atoms with Crippen LogP contribution in [0.2, 0.25) is 0 Å². The van der Waals surface area contributed by atoms with E-state index in [-0.39, 0.29) is 16.8 Å². The predicted molar refractivity (Wildman–Crippen MR) is 82.4 cm³/mol. The molecule has 1 amide bonds. The number of hydrogen-bond acceptors (Lipinski definition) is 6. The van der Waals surface area contributed by atoms with Gasteiger partial charge in [-0.2, -0.15) is 0 Å². The van der Waals surface area contributed by atoms with Gasteiger partial charge in [0.15, 0.2) is 11.4 Å². The SMILES string of the molecule is CN(C)CC1(CNC(=O)c2nccnc2C(=O)O)CCOCC1. The zero-order valence-electron chi connectivity index (χ0n) is 13.4. The topological polar surface area (TPSA) is 105 Å². The minimum absolute atomic E-state index is 0.0804. The van der Waals surface area contributed by atoms with Crippen LogP contribution in [0.25, 0.3) is 0 Å². The number of amides is 1. The standard InChI is InChI=1S/C15H22N4O4/c1-19(2)10-15(3-7-23-8-4-15)9-18-13(20)11-12(14(21)22)17-6-5-16-11/h5-6H,3-4,7-10H2,1-2H3,(H,18,20)(H,21,22). The molecule has 8 heteroatoms. The van der Waals surface area contributed by atoms with Crippen molar-refractivity contribution in [3.8, 4) is 0 Å². The van der Waals surface area contributed by atoms with Gasteiger partial charge in [-0.3, -0.25) is 4.79 Å². The molecule has 0 radical (unpaired) electrons. The Kier molecular flexibility index (Phi) is 5.62. The van der Waals surface area contributed by atoms with Crippen molar-refractivity contribution < 1.29 is 19.4 Å². The molecule has 1 aromatic rings. The molecular weight excluding hydrogens is 300 g/mol. The second-order valence-corrected chi connectivity index (χ2v) is 6.09. The van der Waals surface area contributed by atoms with Gasteiger partial charge in [0.1, 0.15) is 0 Å².